The summed E-state index contributed by atoms with van der Waals surface area (Å²) >= 11 is 0. The Morgan fingerprint density at radius 2 is 2.33 bits per heavy atom. The van der Waals surface area contributed by atoms with E-state index < -0.39 is 0 Å². The third kappa shape index (κ3) is 0.765. The average Bonchev–Trinajstić information content (AvgIpc) is 2.57. The quantitative estimate of drug-likeness (QED) is 0.535. The molecule has 2 aliphatic heterocycles. The van der Waals surface area contributed by atoms with E-state index >= 15 is 0 Å². The molecular formula is C8H14N2O2. The van der Waals surface area contributed by atoms with Crippen molar-refractivity contribution in [1.82, 2.24) is 5.32 Å². The summed E-state index contributed by atoms with van der Waals surface area (Å²) in [4.78, 5) is 11.3. The molecule has 0 aromatic carbocycles. The number of nitrogens with two attached hydrogens (primary N) is 1. The molecule has 0 spiro atoms. The molecule has 3 fully saturated rings. The van der Waals surface area contributed by atoms with Crippen LogP contribution in [0.3, 0.4) is 0 Å². The molecular weight excluding hydrogens is 156 g/mol. The van der Waals surface area contributed by atoms with E-state index in [1.165, 1.54) is 7.11 Å². The number of hydrogen-bond donors (Lipinski definition) is 2. The first kappa shape index (κ1) is 8.01. The van der Waals surface area contributed by atoms with Gasteiger partial charge >= 0.3 is 5.97 Å². The number of ether oxygens (including phenoxy) is 1. The monoisotopic (exact) mass is 170 g/mol. The van der Waals surface area contributed by atoms with Gasteiger partial charge in [0.25, 0.3) is 0 Å². The zero-order valence-corrected chi connectivity index (χ0v) is 7.22. The molecule has 2 saturated heterocycles. The van der Waals surface area contributed by atoms with E-state index in [-0.39, 0.29) is 16.9 Å². The highest BCUT2D eigenvalue weighted by molar-refractivity contribution is 5.83. The van der Waals surface area contributed by atoms with Crippen LogP contribution in [0.2, 0.25) is 0 Å². The molecule has 0 amide bonds. The number of carbonyl (C=O) groups excluding carboxylic acids is 1. The van der Waals surface area contributed by atoms with E-state index in [0.717, 1.165) is 19.4 Å². The van der Waals surface area contributed by atoms with Gasteiger partial charge in [0.05, 0.1) is 7.11 Å². The van der Waals surface area contributed by atoms with Crippen LogP contribution < -0.4 is 11.1 Å². The summed E-state index contributed by atoms with van der Waals surface area (Å²) < 4.78 is 4.72. The van der Waals surface area contributed by atoms with Crippen molar-refractivity contribution in [3.05, 3.63) is 0 Å². The summed E-state index contributed by atoms with van der Waals surface area (Å²) in [5.74, 6) is -0.135. The van der Waals surface area contributed by atoms with Gasteiger partial charge in [-0.05, 0) is 24.8 Å². The second kappa shape index (κ2) is 2.20. The van der Waals surface area contributed by atoms with E-state index in [9.17, 15) is 4.79 Å². The molecule has 3 N–H and O–H groups in total. The van der Waals surface area contributed by atoms with Gasteiger partial charge in [0, 0.05) is 6.54 Å². The maximum Gasteiger partial charge on any atom is 0.326 e. The van der Waals surface area contributed by atoms with Gasteiger partial charge in [0.2, 0.25) is 0 Å². The normalized spacial score (nSPS) is 43.8. The van der Waals surface area contributed by atoms with Crippen molar-refractivity contribution in [2.45, 2.75) is 18.4 Å². The van der Waals surface area contributed by atoms with Gasteiger partial charge in [-0.15, -0.1) is 0 Å². The molecule has 3 rings (SSSR count). The number of fused-ring (bicyclic) bond motifs is 1. The molecule has 4 heteroatoms. The first-order chi connectivity index (χ1) is 5.66. The zero-order valence-electron chi connectivity index (χ0n) is 7.22. The van der Waals surface area contributed by atoms with Crippen molar-refractivity contribution in [3.63, 3.8) is 0 Å². The first-order valence-corrected chi connectivity index (χ1v) is 4.20. The molecule has 2 heterocycles. The highest BCUT2D eigenvalue weighted by atomic mass is 16.5. The third-order valence-corrected chi connectivity index (χ3v) is 3.16. The highest BCUT2D eigenvalue weighted by Crippen LogP contribution is 2.53. The average molecular weight is 170 g/mol. The minimum atomic E-state index is -0.381. The van der Waals surface area contributed by atoms with Crippen LogP contribution in [0.1, 0.15) is 12.8 Å². The van der Waals surface area contributed by atoms with Crippen LogP contribution in [-0.2, 0) is 9.53 Å². The Hall–Kier alpha value is -0.610. The number of rotatable bonds is 2. The molecule has 4 nitrogen and oxygen atoms in total. The molecule has 0 radical (unpaired) electrons. The second-order valence-electron chi connectivity index (χ2n) is 3.98. The lowest BCUT2D eigenvalue weighted by molar-refractivity contribution is -0.152. The lowest BCUT2D eigenvalue weighted by atomic mass is 9.62. The van der Waals surface area contributed by atoms with E-state index in [1.54, 1.807) is 0 Å². The van der Waals surface area contributed by atoms with Gasteiger partial charge in [-0.25, -0.2) is 0 Å². The molecule has 0 aromatic heterocycles. The van der Waals surface area contributed by atoms with Crippen molar-refractivity contribution in [1.29, 1.82) is 0 Å². The van der Waals surface area contributed by atoms with Crippen LogP contribution in [0.25, 0.3) is 0 Å². The Labute approximate surface area is 71.4 Å². The summed E-state index contributed by atoms with van der Waals surface area (Å²) in [6.45, 7) is 1.53. The summed E-state index contributed by atoms with van der Waals surface area (Å²) in [6, 6.07) is 0. The summed E-state index contributed by atoms with van der Waals surface area (Å²) in [7, 11) is 1.43. The van der Waals surface area contributed by atoms with Crippen LogP contribution in [0.15, 0.2) is 0 Å². The number of methoxy groups -OCH3 is 1. The SMILES string of the molecule is COC(=O)C12CC(CN)(CN1)C2. The van der Waals surface area contributed by atoms with Crippen molar-refractivity contribution >= 4 is 5.97 Å². The Balaban J connectivity index is 2.09. The highest BCUT2D eigenvalue weighted by Gasteiger charge is 2.64. The molecule has 0 atom stereocenters. The molecule has 0 unspecified atom stereocenters. The minimum absolute atomic E-state index is 0.135. The first-order valence-electron chi connectivity index (χ1n) is 4.20. The van der Waals surface area contributed by atoms with E-state index in [4.69, 9.17) is 10.5 Å². The predicted octanol–water partition coefficient (Wildman–Crippen LogP) is -0.760. The molecule has 1 aliphatic carbocycles. The lowest BCUT2D eigenvalue weighted by Gasteiger charge is -2.43. The van der Waals surface area contributed by atoms with Crippen LogP contribution in [0.4, 0.5) is 0 Å². The Morgan fingerprint density at radius 3 is 2.75 bits per heavy atom. The fraction of sp³-hybridized carbons (Fsp3) is 0.875. The predicted molar refractivity (Wildman–Crippen MR) is 43.5 cm³/mol. The van der Waals surface area contributed by atoms with Gasteiger partial charge in [0.15, 0.2) is 0 Å². The van der Waals surface area contributed by atoms with Crippen molar-refractivity contribution in [2.24, 2.45) is 11.1 Å². The summed E-state index contributed by atoms with van der Waals surface area (Å²) in [5.41, 5.74) is 5.42. The van der Waals surface area contributed by atoms with Gasteiger partial charge in [-0.2, -0.15) is 0 Å². The number of esters is 1. The molecule has 1 saturated carbocycles. The van der Waals surface area contributed by atoms with Crippen molar-refractivity contribution in [3.8, 4) is 0 Å². The van der Waals surface area contributed by atoms with Crippen LogP contribution in [0.5, 0.6) is 0 Å². The number of nitrogens with one attached hydrogen (secondary N) is 1. The van der Waals surface area contributed by atoms with Crippen molar-refractivity contribution < 1.29 is 9.53 Å². The van der Waals surface area contributed by atoms with E-state index in [1.807, 2.05) is 0 Å². The molecule has 0 aromatic rings. The second-order valence-corrected chi connectivity index (χ2v) is 3.98. The minimum Gasteiger partial charge on any atom is -0.468 e. The number of hydrogen-bond acceptors (Lipinski definition) is 4. The molecule has 2 bridgehead atoms. The van der Waals surface area contributed by atoms with Gasteiger partial charge in [0.1, 0.15) is 5.54 Å². The van der Waals surface area contributed by atoms with Crippen molar-refractivity contribution in [2.75, 3.05) is 20.2 Å². The smallest absolute Gasteiger partial charge is 0.326 e. The van der Waals surface area contributed by atoms with E-state index in [2.05, 4.69) is 5.32 Å². The summed E-state index contributed by atoms with van der Waals surface area (Å²) in [6.07, 6.45) is 1.70. The standard InChI is InChI=1S/C8H14N2O2/c1-12-6(11)8-2-7(3-8,4-9)5-10-8/h10H,2-5,9H2,1H3. The van der Waals surface area contributed by atoms with E-state index in [0.29, 0.717) is 6.54 Å². The van der Waals surface area contributed by atoms with Gasteiger partial charge in [-0.1, -0.05) is 0 Å². The maximum absolute atomic E-state index is 11.3. The lowest BCUT2D eigenvalue weighted by Crippen LogP contribution is -2.56. The Kier molecular flexibility index (Phi) is 1.47. The zero-order chi connectivity index (χ0) is 8.82. The third-order valence-electron chi connectivity index (χ3n) is 3.16. The molecule has 68 valence electrons. The van der Waals surface area contributed by atoms with Gasteiger partial charge < -0.3 is 15.8 Å². The fourth-order valence-electron chi connectivity index (χ4n) is 2.46. The topological polar surface area (TPSA) is 64.3 Å². The number of carbonyl (C=O) groups is 1. The molecule has 12 heavy (non-hydrogen) atoms. The maximum atomic E-state index is 11.3. The fourth-order valence-corrected chi connectivity index (χ4v) is 2.46. The molecule has 3 aliphatic rings. The van der Waals surface area contributed by atoms with Crippen LogP contribution in [0, 0.1) is 5.41 Å². The largest absolute Gasteiger partial charge is 0.468 e. The van der Waals surface area contributed by atoms with Gasteiger partial charge in [-0.3, -0.25) is 4.79 Å². The van der Waals surface area contributed by atoms with Crippen LogP contribution in [-0.4, -0.2) is 31.7 Å². The van der Waals surface area contributed by atoms with Crippen LogP contribution >= 0.6 is 0 Å². The Bertz CT molecular complexity index is 221. The Morgan fingerprint density at radius 1 is 1.67 bits per heavy atom. The summed E-state index contributed by atoms with van der Waals surface area (Å²) in [5, 5.41) is 3.19.